The summed E-state index contributed by atoms with van der Waals surface area (Å²) in [6, 6.07) is 20.0. The number of benzene rings is 3. The SMILES string of the molecule is Cc1cccc(N2C(=O)NC(=O)C(=Cc3ccc4c(c3)CCN4Cc3ccccc3Cl)C2=O)c1. The Kier molecular flexibility index (Phi) is 5.67. The molecule has 0 atom stereocenters. The number of fused-ring (bicyclic) bond motifs is 1. The van der Waals surface area contributed by atoms with Gasteiger partial charge in [0.15, 0.2) is 0 Å². The van der Waals surface area contributed by atoms with Gasteiger partial charge in [-0.15, -0.1) is 0 Å². The summed E-state index contributed by atoms with van der Waals surface area (Å²) in [6.07, 6.45) is 2.40. The number of barbiturate groups is 1. The monoisotopic (exact) mass is 471 g/mol. The van der Waals surface area contributed by atoms with E-state index < -0.39 is 17.8 Å². The number of urea groups is 1. The van der Waals surface area contributed by atoms with Gasteiger partial charge in [0.05, 0.1) is 5.69 Å². The van der Waals surface area contributed by atoms with Crippen LogP contribution < -0.4 is 15.1 Å². The van der Waals surface area contributed by atoms with Crippen molar-refractivity contribution in [2.24, 2.45) is 0 Å². The third-order valence-electron chi connectivity index (χ3n) is 6.09. The number of imide groups is 2. The lowest BCUT2D eigenvalue weighted by Gasteiger charge is -2.26. The summed E-state index contributed by atoms with van der Waals surface area (Å²) in [5.41, 5.74) is 5.29. The van der Waals surface area contributed by atoms with Crippen LogP contribution in [0, 0.1) is 6.92 Å². The van der Waals surface area contributed by atoms with Crippen molar-refractivity contribution < 1.29 is 14.4 Å². The average molecular weight is 472 g/mol. The predicted molar refractivity (Wildman–Crippen MR) is 133 cm³/mol. The van der Waals surface area contributed by atoms with Crippen molar-refractivity contribution in [3.63, 3.8) is 0 Å². The average Bonchev–Trinajstić information content (AvgIpc) is 3.20. The molecule has 1 N–H and O–H groups in total. The minimum absolute atomic E-state index is 0.0769. The summed E-state index contributed by atoms with van der Waals surface area (Å²) in [7, 11) is 0. The van der Waals surface area contributed by atoms with Gasteiger partial charge in [0, 0.05) is 23.8 Å². The first-order valence-corrected chi connectivity index (χ1v) is 11.4. The Bertz CT molecular complexity index is 1360. The lowest BCUT2D eigenvalue weighted by Crippen LogP contribution is -2.54. The van der Waals surface area contributed by atoms with E-state index >= 15 is 0 Å². The second-order valence-electron chi connectivity index (χ2n) is 8.45. The number of amides is 4. The zero-order valence-electron chi connectivity index (χ0n) is 18.5. The topological polar surface area (TPSA) is 69.7 Å². The number of hydrogen-bond donors (Lipinski definition) is 1. The van der Waals surface area contributed by atoms with Crippen LogP contribution in [-0.2, 0) is 22.6 Å². The van der Waals surface area contributed by atoms with Crippen LogP contribution in [0.5, 0.6) is 0 Å². The Balaban J connectivity index is 1.42. The number of anilines is 2. The van der Waals surface area contributed by atoms with E-state index in [1.54, 1.807) is 24.3 Å². The predicted octanol–water partition coefficient (Wildman–Crippen LogP) is 4.88. The molecule has 0 saturated carbocycles. The molecule has 3 aromatic rings. The molecule has 4 amide bonds. The number of rotatable bonds is 4. The second kappa shape index (κ2) is 8.80. The van der Waals surface area contributed by atoms with Gasteiger partial charge in [0.25, 0.3) is 11.8 Å². The van der Waals surface area contributed by atoms with Gasteiger partial charge in [-0.2, -0.15) is 0 Å². The third kappa shape index (κ3) is 4.08. The molecule has 1 fully saturated rings. The summed E-state index contributed by atoms with van der Waals surface area (Å²) in [5, 5.41) is 3.02. The van der Waals surface area contributed by atoms with Crippen molar-refractivity contribution in [2.45, 2.75) is 19.9 Å². The summed E-state index contributed by atoms with van der Waals surface area (Å²) in [4.78, 5) is 41.3. The van der Waals surface area contributed by atoms with Gasteiger partial charge < -0.3 is 4.90 Å². The van der Waals surface area contributed by atoms with Crippen LogP contribution in [0.1, 0.15) is 22.3 Å². The molecule has 0 unspecified atom stereocenters. The van der Waals surface area contributed by atoms with Crippen LogP contribution in [0.15, 0.2) is 72.3 Å². The van der Waals surface area contributed by atoms with E-state index in [1.165, 1.54) is 0 Å². The molecule has 1 saturated heterocycles. The van der Waals surface area contributed by atoms with Gasteiger partial charge >= 0.3 is 6.03 Å². The van der Waals surface area contributed by atoms with E-state index in [9.17, 15) is 14.4 Å². The van der Waals surface area contributed by atoms with E-state index in [-0.39, 0.29) is 5.57 Å². The molecule has 7 heteroatoms. The molecule has 170 valence electrons. The zero-order chi connectivity index (χ0) is 23.8. The zero-order valence-corrected chi connectivity index (χ0v) is 19.3. The largest absolute Gasteiger partial charge is 0.367 e. The van der Waals surface area contributed by atoms with Gasteiger partial charge in [-0.05, 0) is 72.0 Å². The van der Waals surface area contributed by atoms with Crippen LogP contribution >= 0.6 is 11.6 Å². The third-order valence-corrected chi connectivity index (χ3v) is 6.46. The highest BCUT2D eigenvalue weighted by atomic mass is 35.5. The number of halogens is 1. The van der Waals surface area contributed by atoms with Crippen molar-refractivity contribution in [2.75, 3.05) is 16.3 Å². The fourth-order valence-electron chi connectivity index (χ4n) is 4.40. The first-order valence-electron chi connectivity index (χ1n) is 11.0. The Morgan fingerprint density at radius 2 is 1.82 bits per heavy atom. The molecule has 0 aromatic heterocycles. The number of hydrogen-bond acceptors (Lipinski definition) is 4. The number of nitrogens with one attached hydrogen (secondary N) is 1. The van der Waals surface area contributed by atoms with Crippen molar-refractivity contribution in [1.82, 2.24) is 5.32 Å². The minimum Gasteiger partial charge on any atom is -0.367 e. The Hall–Kier alpha value is -3.90. The van der Waals surface area contributed by atoms with Gasteiger partial charge in [0.2, 0.25) is 0 Å². The van der Waals surface area contributed by atoms with Crippen LogP contribution in [0.25, 0.3) is 6.08 Å². The summed E-state index contributed by atoms with van der Waals surface area (Å²) in [6.45, 7) is 3.44. The van der Waals surface area contributed by atoms with Crippen molar-refractivity contribution >= 4 is 46.9 Å². The van der Waals surface area contributed by atoms with E-state index in [0.717, 1.165) is 50.8 Å². The van der Waals surface area contributed by atoms with E-state index in [1.807, 2.05) is 55.5 Å². The fourth-order valence-corrected chi connectivity index (χ4v) is 4.60. The fraction of sp³-hybridized carbons (Fsp3) is 0.148. The Morgan fingerprint density at radius 1 is 1.00 bits per heavy atom. The molecule has 0 radical (unpaired) electrons. The van der Waals surface area contributed by atoms with Gasteiger partial charge in [-0.25, -0.2) is 9.69 Å². The highest BCUT2D eigenvalue weighted by molar-refractivity contribution is 6.39. The standard InChI is InChI=1S/C27H22ClN3O3/c1-17-5-4-7-21(13-17)31-26(33)22(25(32)29-27(31)34)15-18-9-10-24-19(14-18)11-12-30(24)16-20-6-2-3-8-23(20)28/h2-10,13-15H,11-12,16H2,1H3,(H,29,32,34). The second-order valence-corrected chi connectivity index (χ2v) is 8.86. The number of carbonyl (C=O) groups excluding carboxylic acids is 3. The molecule has 0 aliphatic carbocycles. The Morgan fingerprint density at radius 3 is 2.62 bits per heavy atom. The van der Waals surface area contributed by atoms with Crippen molar-refractivity contribution in [3.8, 4) is 0 Å². The quantitative estimate of drug-likeness (QED) is 0.435. The Labute approximate surface area is 202 Å². The summed E-state index contributed by atoms with van der Waals surface area (Å²) in [5.74, 6) is -1.33. The molecular formula is C27H22ClN3O3. The van der Waals surface area contributed by atoms with Gasteiger partial charge in [-0.1, -0.05) is 48.0 Å². The lowest BCUT2D eigenvalue weighted by atomic mass is 10.0. The molecule has 34 heavy (non-hydrogen) atoms. The summed E-state index contributed by atoms with van der Waals surface area (Å²) >= 11 is 6.33. The van der Waals surface area contributed by atoms with Gasteiger partial charge in [0.1, 0.15) is 5.57 Å². The maximum absolute atomic E-state index is 13.1. The molecule has 0 spiro atoms. The van der Waals surface area contributed by atoms with Crippen LogP contribution in [0.4, 0.5) is 16.2 Å². The molecule has 2 heterocycles. The summed E-state index contributed by atoms with van der Waals surface area (Å²) < 4.78 is 0. The normalized spacial score (nSPS) is 16.8. The molecule has 2 aliphatic rings. The maximum Gasteiger partial charge on any atom is 0.335 e. The first-order chi connectivity index (χ1) is 16.4. The van der Waals surface area contributed by atoms with E-state index in [0.29, 0.717) is 12.2 Å². The van der Waals surface area contributed by atoms with Crippen molar-refractivity contribution in [1.29, 1.82) is 0 Å². The number of carbonyl (C=O) groups is 3. The van der Waals surface area contributed by atoms with Crippen LogP contribution in [-0.4, -0.2) is 24.4 Å². The first kappa shape index (κ1) is 21.9. The molecular weight excluding hydrogens is 450 g/mol. The number of nitrogens with zero attached hydrogens (tertiary/aromatic N) is 2. The molecule has 6 nitrogen and oxygen atoms in total. The minimum atomic E-state index is -0.748. The van der Waals surface area contributed by atoms with E-state index in [2.05, 4.69) is 10.2 Å². The maximum atomic E-state index is 13.1. The van der Waals surface area contributed by atoms with Crippen LogP contribution in [0.3, 0.4) is 0 Å². The molecule has 2 aliphatic heterocycles. The highest BCUT2D eigenvalue weighted by Crippen LogP contribution is 2.32. The van der Waals surface area contributed by atoms with Crippen molar-refractivity contribution in [3.05, 3.63) is 99.6 Å². The molecule has 3 aromatic carbocycles. The lowest BCUT2D eigenvalue weighted by molar-refractivity contribution is -0.122. The molecule has 0 bridgehead atoms. The van der Waals surface area contributed by atoms with Crippen LogP contribution in [0.2, 0.25) is 5.02 Å². The smallest absolute Gasteiger partial charge is 0.335 e. The van der Waals surface area contributed by atoms with E-state index in [4.69, 9.17) is 11.6 Å². The highest BCUT2D eigenvalue weighted by Gasteiger charge is 2.36. The molecule has 5 rings (SSSR count). The number of aryl methyl sites for hydroxylation is 1. The van der Waals surface area contributed by atoms with Gasteiger partial charge in [-0.3, -0.25) is 14.9 Å².